The van der Waals surface area contributed by atoms with Crippen molar-refractivity contribution in [2.24, 2.45) is 0 Å². The number of aliphatic carboxylic acids is 1. The van der Waals surface area contributed by atoms with Gasteiger partial charge in [0.15, 0.2) is 0 Å². The number of piperidine rings is 1. The smallest absolute Gasteiger partial charge is 0.348 e. The number of carbonyl (C=O) groups is 1. The largest absolute Gasteiger partial charge is 0.478 e. The first-order valence-electron chi connectivity index (χ1n) is 8.49. The van der Waals surface area contributed by atoms with Crippen LogP contribution in [0, 0.1) is 6.92 Å². The summed E-state index contributed by atoms with van der Waals surface area (Å²) < 4.78 is 11.2. The van der Waals surface area contributed by atoms with Crippen molar-refractivity contribution < 1.29 is 19.1 Å². The Kier molecular flexibility index (Phi) is 5.24. The predicted molar refractivity (Wildman–Crippen MR) is 95.6 cm³/mol. The van der Waals surface area contributed by atoms with Gasteiger partial charge in [0.25, 0.3) is 0 Å². The van der Waals surface area contributed by atoms with E-state index in [1.165, 1.54) is 0 Å². The third-order valence-electron chi connectivity index (χ3n) is 4.58. The molecule has 1 saturated heterocycles. The second-order valence-corrected chi connectivity index (χ2v) is 6.43. The van der Waals surface area contributed by atoms with E-state index in [4.69, 9.17) is 9.15 Å². The number of hydrogen-bond donors (Lipinski definition) is 1. The first-order valence-corrected chi connectivity index (χ1v) is 8.49. The average Bonchev–Trinajstić information content (AvgIpc) is 3.12. The molecule has 1 aliphatic heterocycles. The minimum absolute atomic E-state index is 0.463. The number of carboxylic acids is 1. The molecule has 1 fully saturated rings. The minimum atomic E-state index is -1.14. The summed E-state index contributed by atoms with van der Waals surface area (Å²) in [5.41, 5.74) is -0.0221. The highest BCUT2D eigenvalue weighted by Crippen LogP contribution is 2.29. The van der Waals surface area contributed by atoms with Gasteiger partial charge in [-0.05, 0) is 37.3 Å². The van der Waals surface area contributed by atoms with E-state index in [1.54, 1.807) is 6.26 Å². The van der Waals surface area contributed by atoms with E-state index in [1.807, 2.05) is 55.5 Å². The van der Waals surface area contributed by atoms with Gasteiger partial charge in [-0.2, -0.15) is 0 Å². The van der Waals surface area contributed by atoms with Crippen molar-refractivity contribution in [2.45, 2.75) is 25.4 Å². The Bertz CT molecular complexity index is 711. The SMILES string of the molecule is Cc1ccc(OC2(C(=O)O)CCN(C/C=C/c3ccco3)CC2)cc1. The molecule has 0 saturated carbocycles. The van der Waals surface area contributed by atoms with Crippen molar-refractivity contribution >= 4 is 12.0 Å². The summed E-state index contributed by atoms with van der Waals surface area (Å²) in [7, 11) is 0. The zero-order valence-corrected chi connectivity index (χ0v) is 14.4. The summed E-state index contributed by atoms with van der Waals surface area (Å²) in [6.07, 6.45) is 6.54. The van der Waals surface area contributed by atoms with Crippen LogP contribution in [0.15, 0.2) is 53.2 Å². The molecule has 0 spiro atoms. The summed E-state index contributed by atoms with van der Waals surface area (Å²) in [5.74, 6) is 0.539. The maximum atomic E-state index is 11.9. The molecule has 25 heavy (non-hydrogen) atoms. The van der Waals surface area contributed by atoms with Gasteiger partial charge in [-0.1, -0.05) is 23.8 Å². The third kappa shape index (κ3) is 4.31. The van der Waals surface area contributed by atoms with Crippen molar-refractivity contribution in [3.63, 3.8) is 0 Å². The highest BCUT2D eigenvalue weighted by molar-refractivity contribution is 5.78. The molecule has 1 aromatic carbocycles. The van der Waals surface area contributed by atoms with Crippen LogP contribution in [-0.4, -0.2) is 41.2 Å². The summed E-state index contributed by atoms with van der Waals surface area (Å²) in [6, 6.07) is 11.3. The summed E-state index contributed by atoms with van der Waals surface area (Å²) in [4.78, 5) is 14.1. The van der Waals surface area contributed by atoms with Gasteiger partial charge in [-0.3, -0.25) is 4.90 Å². The summed E-state index contributed by atoms with van der Waals surface area (Å²) in [5, 5.41) is 9.72. The van der Waals surface area contributed by atoms with Gasteiger partial charge >= 0.3 is 5.97 Å². The number of nitrogens with zero attached hydrogens (tertiary/aromatic N) is 1. The molecule has 132 valence electrons. The number of furan rings is 1. The van der Waals surface area contributed by atoms with Gasteiger partial charge in [-0.15, -0.1) is 0 Å². The first kappa shape index (κ1) is 17.3. The molecule has 0 aliphatic carbocycles. The number of aryl methyl sites for hydroxylation is 1. The lowest BCUT2D eigenvalue weighted by Gasteiger charge is -2.38. The molecule has 5 heteroatoms. The zero-order valence-electron chi connectivity index (χ0n) is 14.4. The van der Waals surface area contributed by atoms with E-state index in [-0.39, 0.29) is 0 Å². The van der Waals surface area contributed by atoms with Gasteiger partial charge in [0, 0.05) is 32.5 Å². The molecule has 0 radical (unpaired) electrons. The van der Waals surface area contributed by atoms with Crippen molar-refractivity contribution in [3.8, 4) is 5.75 Å². The molecule has 2 aromatic rings. The van der Waals surface area contributed by atoms with E-state index in [2.05, 4.69) is 4.90 Å². The second kappa shape index (κ2) is 7.57. The van der Waals surface area contributed by atoms with E-state index in [0.717, 1.165) is 17.9 Å². The van der Waals surface area contributed by atoms with Gasteiger partial charge < -0.3 is 14.3 Å². The molecule has 0 unspecified atom stereocenters. The molecule has 2 heterocycles. The fraction of sp³-hybridized carbons (Fsp3) is 0.350. The quantitative estimate of drug-likeness (QED) is 0.870. The zero-order chi connectivity index (χ0) is 17.7. The van der Waals surface area contributed by atoms with Crippen LogP contribution < -0.4 is 4.74 Å². The van der Waals surface area contributed by atoms with Crippen LogP contribution in [0.4, 0.5) is 0 Å². The normalized spacial score (nSPS) is 17.6. The predicted octanol–water partition coefficient (Wildman–Crippen LogP) is 3.60. The molecule has 0 atom stereocenters. The van der Waals surface area contributed by atoms with Crippen molar-refractivity contribution in [3.05, 3.63) is 60.1 Å². The first-order chi connectivity index (χ1) is 12.1. The Morgan fingerprint density at radius 2 is 2.00 bits per heavy atom. The number of likely N-dealkylation sites (tertiary alicyclic amines) is 1. The molecule has 5 nitrogen and oxygen atoms in total. The van der Waals surface area contributed by atoms with E-state index < -0.39 is 11.6 Å². The number of benzene rings is 1. The number of hydrogen-bond acceptors (Lipinski definition) is 4. The van der Waals surface area contributed by atoms with Gasteiger partial charge in [0.05, 0.1) is 6.26 Å². The average molecular weight is 341 g/mol. The Balaban J connectivity index is 1.58. The summed E-state index contributed by atoms with van der Waals surface area (Å²) >= 11 is 0. The number of rotatable bonds is 6. The fourth-order valence-electron chi connectivity index (χ4n) is 2.99. The minimum Gasteiger partial charge on any atom is -0.478 e. The van der Waals surface area contributed by atoms with Gasteiger partial charge in [0.2, 0.25) is 5.60 Å². The van der Waals surface area contributed by atoms with E-state index >= 15 is 0 Å². The molecule has 3 rings (SSSR count). The monoisotopic (exact) mass is 341 g/mol. The van der Waals surface area contributed by atoms with Crippen molar-refractivity contribution in [2.75, 3.05) is 19.6 Å². The molecular formula is C20H23NO4. The maximum Gasteiger partial charge on any atom is 0.348 e. The summed E-state index contributed by atoms with van der Waals surface area (Å²) in [6.45, 7) is 4.12. The molecular weight excluding hydrogens is 318 g/mol. The lowest BCUT2D eigenvalue weighted by molar-refractivity contribution is -0.159. The van der Waals surface area contributed by atoms with Crippen LogP contribution in [-0.2, 0) is 4.79 Å². The Hall–Kier alpha value is -2.53. The number of ether oxygens (including phenoxy) is 1. The maximum absolute atomic E-state index is 11.9. The third-order valence-corrected chi connectivity index (χ3v) is 4.58. The molecule has 1 N–H and O–H groups in total. The molecule has 0 bridgehead atoms. The lowest BCUT2D eigenvalue weighted by atomic mass is 9.91. The van der Waals surface area contributed by atoms with Crippen LogP contribution in [0.1, 0.15) is 24.2 Å². The molecule has 1 aliphatic rings. The lowest BCUT2D eigenvalue weighted by Crippen LogP contribution is -2.53. The van der Waals surface area contributed by atoms with Crippen LogP contribution >= 0.6 is 0 Å². The van der Waals surface area contributed by atoms with E-state index in [0.29, 0.717) is 31.7 Å². The van der Waals surface area contributed by atoms with Crippen LogP contribution in [0.3, 0.4) is 0 Å². The highest BCUT2D eigenvalue weighted by Gasteiger charge is 2.43. The topological polar surface area (TPSA) is 62.9 Å². The Labute approximate surface area is 147 Å². The highest BCUT2D eigenvalue weighted by atomic mass is 16.5. The molecule has 0 amide bonds. The standard InChI is InChI=1S/C20H23NO4/c1-16-6-8-18(9-7-16)25-20(19(22)23)10-13-21(14-11-20)12-2-4-17-5-3-15-24-17/h2-9,15H,10-14H2,1H3,(H,22,23)/b4-2+. The van der Waals surface area contributed by atoms with Crippen molar-refractivity contribution in [1.82, 2.24) is 4.90 Å². The molecule has 1 aromatic heterocycles. The van der Waals surface area contributed by atoms with Gasteiger partial charge in [-0.25, -0.2) is 4.79 Å². The Morgan fingerprint density at radius 3 is 2.60 bits per heavy atom. The van der Waals surface area contributed by atoms with E-state index in [9.17, 15) is 9.90 Å². The Morgan fingerprint density at radius 1 is 1.28 bits per heavy atom. The van der Waals surface area contributed by atoms with Crippen LogP contribution in [0.2, 0.25) is 0 Å². The second-order valence-electron chi connectivity index (χ2n) is 6.43. The fourth-order valence-corrected chi connectivity index (χ4v) is 2.99. The van der Waals surface area contributed by atoms with Crippen LogP contribution in [0.25, 0.3) is 6.08 Å². The van der Waals surface area contributed by atoms with Crippen molar-refractivity contribution in [1.29, 1.82) is 0 Å². The van der Waals surface area contributed by atoms with Gasteiger partial charge in [0.1, 0.15) is 11.5 Å². The number of carboxylic acid groups (broad SMARTS) is 1. The van der Waals surface area contributed by atoms with Crippen LogP contribution in [0.5, 0.6) is 5.75 Å².